The molecule has 0 amide bonds. The fourth-order valence-corrected chi connectivity index (χ4v) is 8.42. The van der Waals surface area contributed by atoms with Crippen LogP contribution in [0.1, 0.15) is 42.3 Å². The molecule has 0 saturated carbocycles. The Morgan fingerprint density at radius 3 is 1.88 bits per heavy atom. The molecule has 4 aromatic heterocycles. The summed E-state index contributed by atoms with van der Waals surface area (Å²) in [5.41, 5.74) is 9.98. The van der Waals surface area contributed by atoms with Crippen molar-refractivity contribution in [2.24, 2.45) is 0 Å². The molecule has 0 aliphatic carbocycles. The van der Waals surface area contributed by atoms with Crippen LogP contribution in [0.5, 0.6) is 5.75 Å². The Morgan fingerprint density at radius 1 is 0.682 bits per heavy atom. The molecule has 2 N–H and O–H groups in total. The molecule has 5 aromatic rings. The zero-order valence-electron chi connectivity index (χ0n) is 37.1. The van der Waals surface area contributed by atoms with Crippen LogP contribution in [0.15, 0.2) is 72.9 Å². The molecule has 8 bridgehead atoms. The first-order chi connectivity index (χ1) is 31.3. The zero-order valence-corrected chi connectivity index (χ0v) is 40.3. The number of nitrogens with zero attached hydrogens (tertiary/aromatic N) is 9. The predicted octanol–water partition coefficient (Wildman–Crippen LogP) is 0.314. The van der Waals surface area contributed by atoms with Crippen molar-refractivity contribution >= 4 is 52.1 Å². The Morgan fingerprint density at radius 2 is 1.26 bits per heavy atom. The van der Waals surface area contributed by atoms with Crippen LogP contribution in [0.25, 0.3) is 45.3 Å². The summed E-state index contributed by atoms with van der Waals surface area (Å²) in [7, 11) is 0. The van der Waals surface area contributed by atoms with E-state index >= 15 is 0 Å². The molecule has 0 unspecified atom stereocenters. The van der Waals surface area contributed by atoms with Gasteiger partial charge in [0.05, 0.1) is 42.0 Å². The molecule has 18 nitrogen and oxygen atoms in total. The predicted molar refractivity (Wildman–Crippen MR) is 237 cm³/mol. The summed E-state index contributed by atoms with van der Waals surface area (Å²) in [5, 5.41) is 43.1. The van der Waals surface area contributed by atoms with Crippen LogP contribution in [0, 0.1) is 40.8 Å². The standard InChI is InChI=1S/C47H55N11O7.Nd/c1-47(2)26-37-24-35-8-12-41(50-35)46(40-11-7-34(49-40)23-33-5-6-36(48-33)25-42(47)51-37)32-3-9-39(10-4-32)65-31-38-27-58(53-52-38)22-21-54-13-15-55(28-43(59)60)17-19-57(30-45(63)64)20-18-56(16-14-54)29-44(61)62;/h3-12,23-25,27,48,50H,13-22,26,28-31H2,1-2H3,(H,59,60)(H,61,62)(H,63,64);/q;+3/p-3. The van der Waals surface area contributed by atoms with Crippen LogP contribution in [0.4, 0.5) is 0 Å². The number of hydrogen-bond acceptors (Lipinski definition) is 15. The van der Waals surface area contributed by atoms with Crippen molar-refractivity contribution in [2.45, 2.75) is 38.8 Å². The molecule has 1 aromatic carbocycles. The van der Waals surface area contributed by atoms with Crippen LogP contribution >= 0.6 is 0 Å². The maximum atomic E-state index is 11.6. The van der Waals surface area contributed by atoms with Crippen molar-refractivity contribution in [1.82, 2.24) is 54.5 Å². The first-order valence-electron chi connectivity index (χ1n) is 21.8. The molecule has 3 aliphatic rings. The van der Waals surface area contributed by atoms with Crippen molar-refractivity contribution in [3.05, 3.63) is 101 Å². The molecule has 1 radical (unpaired) electrons. The molecule has 66 heavy (non-hydrogen) atoms. The van der Waals surface area contributed by atoms with Gasteiger partial charge >= 0.3 is 40.8 Å². The van der Waals surface area contributed by atoms with Gasteiger partial charge in [0, 0.05) is 129 Å². The van der Waals surface area contributed by atoms with E-state index in [-0.39, 0.29) is 98.7 Å². The molecule has 1 saturated heterocycles. The summed E-state index contributed by atoms with van der Waals surface area (Å²) in [5.74, 6) is -3.07. The van der Waals surface area contributed by atoms with Crippen molar-refractivity contribution in [3.63, 3.8) is 0 Å². The zero-order chi connectivity index (χ0) is 45.5. The van der Waals surface area contributed by atoms with Gasteiger partial charge in [-0.15, -0.1) is 5.10 Å². The van der Waals surface area contributed by atoms with Crippen molar-refractivity contribution in [1.29, 1.82) is 0 Å². The number of benzene rings is 1. The van der Waals surface area contributed by atoms with Gasteiger partial charge in [0.25, 0.3) is 0 Å². The van der Waals surface area contributed by atoms with Crippen LogP contribution in [-0.4, -0.2) is 151 Å². The maximum Gasteiger partial charge on any atom is 3.00 e. The number of ether oxygens (including phenoxy) is 1. The molecule has 7 heterocycles. The summed E-state index contributed by atoms with van der Waals surface area (Å²) in [4.78, 5) is 58.8. The van der Waals surface area contributed by atoms with Gasteiger partial charge in [0.2, 0.25) is 0 Å². The van der Waals surface area contributed by atoms with E-state index in [1.54, 1.807) is 19.4 Å². The van der Waals surface area contributed by atoms with Gasteiger partial charge in [-0.25, -0.2) is 4.98 Å². The normalized spacial score (nSPS) is 16.5. The summed E-state index contributed by atoms with van der Waals surface area (Å²) < 4.78 is 7.88. The van der Waals surface area contributed by atoms with E-state index in [0.29, 0.717) is 50.7 Å². The number of aromatic nitrogens is 7. The van der Waals surface area contributed by atoms with E-state index in [4.69, 9.17) is 14.7 Å². The number of H-pyrrole nitrogens is 2. The van der Waals surface area contributed by atoms with E-state index in [2.05, 4.69) is 75.4 Å². The van der Waals surface area contributed by atoms with Crippen molar-refractivity contribution in [3.8, 4) is 16.9 Å². The second-order valence-corrected chi connectivity index (χ2v) is 17.4. The molecule has 341 valence electrons. The van der Waals surface area contributed by atoms with E-state index in [0.717, 1.165) is 62.4 Å². The minimum Gasteiger partial charge on any atom is -0.549 e. The monoisotopic (exact) mass is 1020 g/mol. The average molecular weight is 1030 g/mol. The molecule has 0 spiro atoms. The number of carbonyl (C=O) groups is 3. The Hall–Kier alpha value is -5.38. The number of aliphatic carboxylic acids is 3. The largest absolute Gasteiger partial charge is 3.00 e. The quantitative estimate of drug-likeness (QED) is 0.159. The number of hydrogen-bond donors (Lipinski definition) is 2. The average Bonchev–Trinajstić information content (AvgIpc) is 4.11. The second-order valence-electron chi connectivity index (χ2n) is 17.4. The fraction of sp³-hybridized carbons (Fsp3) is 0.383. The van der Waals surface area contributed by atoms with Crippen LogP contribution < -0.4 is 20.1 Å². The van der Waals surface area contributed by atoms with Gasteiger partial charge in [-0.05, 0) is 72.3 Å². The third-order valence-electron chi connectivity index (χ3n) is 11.9. The Balaban J connectivity index is 0.00000648. The van der Waals surface area contributed by atoms with Crippen LogP contribution in [-0.2, 0) is 39.4 Å². The van der Waals surface area contributed by atoms with E-state index < -0.39 is 17.9 Å². The third-order valence-corrected chi connectivity index (χ3v) is 11.9. The van der Waals surface area contributed by atoms with Gasteiger partial charge in [-0.1, -0.05) is 31.2 Å². The van der Waals surface area contributed by atoms with Gasteiger partial charge in [-0.3, -0.25) is 29.3 Å². The molecule has 8 rings (SSSR count). The third kappa shape index (κ3) is 13.2. The number of carbonyl (C=O) groups excluding carboxylic acids is 3. The SMILES string of the molecule is CC1(C)Cc2cc3ccc([nH]3)c(-c3ccc(OCc4cn(CCN5CCN(CC(=O)[O-])CCN(CC(=O)[O-])CCN(CC(=O)[O-])CC5)nn4)cc3)c3nc(cc4ccc(cc1n2)[nH]4)C=C3.[Nd+3]. The molecule has 0 atom stereocenters. The van der Waals surface area contributed by atoms with Gasteiger partial charge in [-0.2, -0.15) is 0 Å². The van der Waals surface area contributed by atoms with Crippen molar-refractivity contribution in [2.75, 3.05) is 78.5 Å². The minimum atomic E-state index is -1.27. The first-order valence-corrected chi connectivity index (χ1v) is 21.8. The van der Waals surface area contributed by atoms with E-state index in [9.17, 15) is 29.7 Å². The number of nitrogens with one attached hydrogen (secondary N) is 2. The summed E-state index contributed by atoms with van der Waals surface area (Å²) in [6.45, 7) is 7.42. The van der Waals surface area contributed by atoms with Gasteiger partial charge < -0.3 is 44.4 Å². The summed E-state index contributed by atoms with van der Waals surface area (Å²) in [6, 6.07) is 22.4. The topological polar surface area (TPSA) is 231 Å². The number of carboxylic acid groups (broad SMARTS) is 3. The van der Waals surface area contributed by atoms with Crippen molar-refractivity contribution < 1.29 is 75.3 Å². The number of aromatic amines is 2. The number of carboxylic acids is 3. The minimum absolute atomic E-state index is 0. The Labute approximate surface area is 414 Å². The Bertz CT molecular complexity index is 2680. The Kier molecular flexibility index (Phi) is 16.1. The fourth-order valence-electron chi connectivity index (χ4n) is 8.42. The van der Waals surface area contributed by atoms with Gasteiger partial charge in [0.1, 0.15) is 18.1 Å². The summed E-state index contributed by atoms with van der Waals surface area (Å²) >= 11 is 0. The van der Waals surface area contributed by atoms with E-state index in [1.165, 1.54) is 0 Å². The van der Waals surface area contributed by atoms with E-state index in [1.807, 2.05) is 48.7 Å². The first kappa shape index (κ1) is 48.6. The van der Waals surface area contributed by atoms with Crippen LogP contribution in [0.2, 0.25) is 0 Å². The molecular formula is C47H52N11NdO7. The molecule has 3 aliphatic heterocycles. The second kappa shape index (κ2) is 21.9. The van der Waals surface area contributed by atoms with Gasteiger partial charge in [0.15, 0.2) is 0 Å². The number of rotatable bonds is 13. The van der Waals surface area contributed by atoms with Crippen LogP contribution in [0.3, 0.4) is 0 Å². The smallest absolute Gasteiger partial charge is 0.549 e. The molecular weight excluding hydrogens is 975 g/mol. The number of fused-ring (bicyclic) bond motifs is 8. The molecule has 19 heteroatoms. The maximum absolute atomic E-state index is 11.6. The summed E-state index contributed by atoms with van der Waals surface area (Å²) in [6.07, 6.45) is 6.69. The molecule has 1 fully saturated rings.